The topological polar surface area (TPSA) is 49.9 Å². The third-order valence-corrected chi connectivity index (χ3v) is 3.63. The van der Waals surface area contributed by atoms with E-state index in [0.717, 1.165) is 12.8 Å². The number of fused-ring (bicyclic) bond motifs is 2. The van der Waals surface area contributed by atoms with Gasteiger partial charge in [0.15, 0.2) is 0 Å². The van der Waals surface area contributed by atoms with Gasteiger partial charge in [0.05, 0.1) is 24.0 Å². The average molecular weight is 195 g/mol. The van der Waals surface area contributed by atoms with Crippen LogP contribution in [0.15, 0.2) is 0 Å². The van der Waals surface area contributed by atoms with Crippen molar-refractivity contribution in [1.29, 1.82) is 0 Å². The summed E-state index contributed by atoms with van der Waals surface area (Å²) in [4.78, 5) is 25.0. The molecule has 4 nitrogen and oxygen atoms in total. The second-order valence-electron chi connectivity index (χ2n) is 4.32. The Bertz CT molecular complexity index is 286. The fourth-order valence-electron chi connectivity index (χ4n) is 2.79. The van der Waals surface area contributed by atoms with Crippen LogP contribution in [0.25, 0.3) is 0 Å². The van der Waals surface area contributed by atoms with E-state index in [2.05, 4.69) is 0 Å². The molecule has 0 aromatic heterocycles. The van der Waals surface area contributed by atoms with Crippen LogP contribution in [-0.4, -0.2) is 35.5 Å². The van der Waals surface area contributed by atoms with Gasteiger partial charge in [-0.2, -0.15) is 0 Å². The molecule has 0 bridgehead atoms. The first-order valence-corrected chi connectivity index (χ1v) is 5.23. The Morgan fingerprint density at radius 1 is 1.21 bits per heavy atom. The van der Waals surface area contributed by atoms with Crippen molar-refractivity contribution in [1.82, 2.24) is 4.90 Å². The zero-order valence-electron chi connectivity index (χ0n) is 8.10. The van der Waals surface area contributed by atoms with Crippen LogP contribution in [0.5, 0.6) is 0 Å². The number of nitrogens with zero attached hydrogens (tertiary/aromatic N) is 1. The van der Waals surface area contributed by atoms with E-state index in [9.17, 15) is 9.59 Å². The molecule has 4 heteroatoms. The lowest BCUT2D eigenvalue weighted by atomic mass is 9.81. The lowest BCUT2D eigenvalue weighted by Crippen LogP contribution is -2.30. The van der Waals surface area contributed by atoms with E-state index in [0.29, 0.717) is 6.54 Å². The Morgan fingerprint density at radius 3 is 2.14 bits per heavy atom. The number of rotatable bonds is 1. The van der Waals surface area contributed by atoms with Crippen LogP contribution in [-0.2, 0) is 14.3 Å². The van der Waals surface area contributed by atoms with Crippen molar-refractivity contribution >= 4 is 11.8 Å². The first-order valence-electron chi connectivity index (χ1n) is 5.23. The van der Waals surface area contributed by atoms with Crippen molar-refractivity contribution in [3.63, 3.8) is 0 Å². The van der Waals surface area contributed by atoms with Crippen molar-refractivity contribution in [3.05, 3.63) is 0 Å². The first kappa shape index (κ1) is 8.41. The van der Waals surface area contributed by atoms with Crippen LogP contribution in [0, 0.1) is 11.8 Å². The molecule has 2 amide bonds. The molecule has 0 N–H and O–H groups in total. The molecule has 4 atom stereocenters. The van der Waals surface area contributed by atoms with E-state index in [1.165, 1.54) is 4.90 Å². The van der Waals surface area contributed by atoms with Gasteiger partial charge >= 0.3 is 0 Å². The Kier molecular flexibility index (Phi) is 1.54. The van der Waals surface area contributed by atoms with Gasteiger partial charge in [-0.1, -0.05) is 0 Å². The van der Waals surface area contributed by atoms with Gasteiger partial charge in [0, 0.05) is 6.54 Å². The number of hydrogen-bond donors (Lipinski definition) is 0. The van der Waals surface area contributed by atoms with E-state index in [-0.39, 0.29) is 35.9 Å². The molecule has 0 aromatic rings. The molecule has 14 heavy (non-hydrogen) atoms. The number of imide groups is 1. The maximum absolute atomic E-state index is 11.8. The van der Waals surface area contributed by atoms with E-state index < -0.39 is 0 Å². The highest BCUT2D eigenvalue weighted by atomic mass is 16.6. The summed E-state index contributed by atoms with van der Waals surface area (Å²) >= 11 is 0. The van der Waals surface area contributed by atoms with E-state index >= 15 is 0 Å². The molecule has 2 unspecified atom stereocenters. The van der Waals surface area contributed by atoms with Gasteiger partial charge < -0.3 is 4.74 Å². The molecule has 3 aliphatic rings. The van der Waals surface area contributed by atoms with Crippen molar-refractivity contribution < 1.29 is 14.3 Å². The van der Waals surface area contributed by atoms with Crippen LogP contribution in [0.4, 0.5) is 0 Å². The van der Waals surface area contributed by atoms with Gasteiger partial charge in [-0.25, -0.2) is 0 Å². The summed E-state index contributed by atoms with van der Waals surface area (Å²) in [7, 11) is 0. The van der Waals surface area contributed by atoms with Gasteiger partial charge in [0.2, 0.25) is 11.8 Å². The Balaban J connectivity index is 1.88. The molecule has 2 heterocycles. The Hall–Kier alpha value is -0.900. The predicted molar refractivity (Wildman–Crippen MR) is 47.3 cm³/mol. The molecule has 76 valence electrons. The standard InChI is InChI=1S/C10H13NO3/c1-2-11-9(12)5-3-7-8(14-7)4-6(5)10(11)13/h5-8H,2-4H2,1H3/t5?,6?,7-,8+. The molecule has 2 saturated heterocycles. The zero-order chi connectivity index (χ0) is 9.87. The van der Waals surface area contributed by atoms with Crippen LogP contribution < -0.4 is 0 Å². The minimum atomic E-state index is -0.0776. The number of ether oxygens (including phenoxy) is 1. The highest BCUT2D eigenvalue weighted by molar-refractivity contribution is 6.05. The lowest BCUT2D eigenvalue weighted by molar-refractivity contribution is -0.139. The van der Waals surface area contributed by atoms with E-state index in [4.69, 9.17) is 4.74 Å². The second-order valence-corrected chi connectivity index (χ2v) is 4.32. The van der Waals surface area contributed by atoms with E-state index in [1.807, 2.05) is 6.92 Å². The summed E-state index contributed by atoms with van der Waals surface area (Å²) < 4.78 is 5.36. The summed E-state index contributed by atoms with van der Waals surface area (Å²) in [5.74, 6) is -0.106. The summed E-state index contributed by atoms with van der Waals surface area (Å²) in [5.41, 5.74) is 0. The monoisotopic (exact) mass is 195 g/mol. The first-order chi connectivity index (χ1) is 6.72. The van der Waals surface area contributed by atoms with Crippen molar-refractivity contribution in [2.24, 2.45) is 11.8 Å². The minimum Gasteiger partial charge on any atom is -0.370 e. The summed E-state index contributed by atoms with van der Waals surface area (Å²) in [6, 6.07) is 0. The summed E-state index contributed by atoms with van der Waals surface area (Å²) in [6.07, 6.45) is 2.06. The molecule has 3 fully saturated rings. The highest BCUT2D eigenvalue weighted by Gasteiger charge is 2.57. The fourth-order valence-corrected chi connectivity index (χ4v) is 2.79. The summed E-state index contributed by atoms with van der Waals surface area (Å²) in [6.45, 7) is 2.37. The van der Waals surface area contributed by atoms with E-state index in [1.54, 1.807) is 0 Å². The average Bonchev–Trinajstić information content (AvgIpc) is 2.89. The maximum atomic E-state index is 11.8. The van der Waals surface area contributed by atoms with Gasteiger partial charge in [-0.05, 0) is 19.8 Å². The second kappa shape index (κ2) is 2.57. The molecule has 0 spiro atoms. The zero-order valence-corrected chi connectivity index (χ0v) is 8.10. The van der Waals surface area contributed by atoms with Gasteiger partial charge in [-0.15, -0.1) is 0 Å². The van der Waals surface area contributed by atoms with Crippen LogP contribution >= 0.6 is 0 Å². The molecule has 0 aromatic carbocycles. The SMILES string of the molecule is CCN1C(=O)C2C[C@@H]3O[C@@H]3CC2C1=O. The number of epoxide rings is 1. The van der Waals surface area contributed by atoms with Crippen LogP contribution in [0.2, 0.25) is 0 Å². The molecule has 3 rings (SSSR count). The van der Waals surface area contributed by atoms with Crippen molar-refractivity contribution in [2.75, 3.05) is 6.54 Å². The highest BCUT2D eigenvalue weighted by Crippen LogP contribution is 2.46. The predicted octanol–water partition coefficient (Wildman–Crippen LogP) is 0.169. The van der Waals surface area contributed by atoms with Crippen molar-refractivity contribution in [3.8, 4) is 0 Å². The quantitative estimate of drug-likeness (QED) is 0.442. The number of hydrogen-bond acceptors (Lipinski definition) is 3. The minimum absolute atomic E-state index is 0.0245. The third kappa shape index (κ3) is 0.919. The molecule has 0 radical (unpaired) electrons. The fraction of sp³-hybridized carbons (Fsp3) is 0.800. The molecular weight excluding hydrogens is 182 g/mol. The lowest BCUT2D eigenvalue weighted by Gasteiger charge is -2.16. The number of likely N-dealkylation sites (tertiary alicyclic amines) is 1. The summed E-state index contributed by atoms with van der Waals surface area (Å²) in [5, 5.41) is 0. The number of carbonyl (C=O) groups is 2. The molecular formula is C10H13NO3. The van der Waals surface area contributed by atoms with Gasteiger partial charge in [-0.3, -0.25) is 14.5 Å². The Labute approximate surface area is 82.2 Å². The molecule has 1 aliphatic carbocycles. The smallest absolute Gasteiger partial charge is 0.233 e. The number of carbonyl (C=O) groups excluding carboxylic acids is 2. The van der Waals surface area contributed by atoms with Gasteiger partial charge in [0.25, 0.3) is 0 Å². The number of amides is 2. The molecule has 1 saturated carbocycles. The van der Waals surface area contributed by atoms with Gasteiger partial charge in [0.1, 0.15) is 0 Å². The van der Waals surface area contributed by atoms with Crippen molar-refractivity contribution in [2.45, 2.75) is 32.0 Å². The largest absolute Gasteiger partial charge is 0.370 e. The third-order valence-electron chi connectivity index (χ3n) is 3.63. The Morgan fingerprint density at radius 2 is 1.71 bits per heavy atom. The van der Waals surface area contributed by atoms with Crippen LogP contribution in [0.3, 0.4) is 0 Å². The van der Waals surface area contributed by atoms with Crippen LogP contribution in [0.1, 0.15) is 19.8 Å². The maximum Gasteiger partial charge on any atom is 0.233 e. The normalized spacial score (nSPS) is 45.1. The molecule has 2 aliphatic heterocycles.